The van der Waals surface area contributed by atoms with E-state index in [0.717, 1.165) is 17.9 Å². The molecule has 1 aliphatic rings. The number of hydrogen-bond acceptors (Lipinski definition) is 4. The van der Waals surface area contributed by atoms with Gasteiger partial charge in [-0.05, 0) is 69.6 Å². The summed E-state index contributed by atoms with van der Waals surface area (Å²) in [7, 11) is 0. The Bertz CT molecular complexity index is 1510. The zero-order valence-electron chi connectivity index (χ0n) is 22.9. The minimum atomic E-state index is -0.407. The van der Waals surface area contributed by atoms with Gasteiger partial charge in [0.15, 0.2) is 0 Å². The van der Waals surface area contributed by atoms with Gasteiger partial charge in [0.2, 0.25) is 0 Å². The van der Waals surface area contributed by atoms with E-state index in [-0.39, 0.29) is 32.3 Å². The molecule has 5 aromatic carbocycles. The molecule has 0 fully saturated rings. The van der Waals surface area contributed by atoms with Crippen LogP contribution in [0, 0.1) is 0 Å². The van der Waals surface area contributed by atoms with Gasteiger partial charge < -0.3 is 19.7 Å². The molecule has 0 bridgehead atoms. The molecule has 0 aromatic heterocycles. The molecule has 41 heavy (non-hydrogen) atoms. The smallest absolute Gasteiger partial charge is 0.119 e. The molecule has 0 spiro atoms. The molecule has 206 valence electrons. The summed E-state index contributed by atoms with van der Waals surface area (Å²) < 4.78 is 11.4. The van der Waals surface area contributed by atoms with Gasteiger partial charge in [-0.2, -0.15) is 0 Å². The first kappa shape index (κ1) is 26.8. The Morgan fingerprint density at radius 1 is 0.585 bits per heavy atom. The number of ether oxygens (including phenoxy) is 2. The third-order valence-corrected chi connectivity index (χ3v) is 8.12. The highest BCUT2D eigenvalue weighted by Gasteiger charge is 2.47. The maximum Gasteiger partial charge on any atom is 0.119 e. The molecule has 0 saturated carbocycles. The average molecular weight is 543 g/mol. The van der Waals surface area contributed by atoms with Crippen LogP contribution in [-0.4, -0.2) is 36.6 Å². The van der Waals surface area contributed by atoms with E-state index < -0.39 is 5.41 Å². The zero-order chi connectivity index (χ0) is 28.1. The van der Waals surface area contributed by atoms with Crippen LogP contribution in [0.25, 0.3) is 11.1 Å². The van der Waals surface area contributed by atoms with Crippen molar-refractivity contribution in [2.24, 2.45) is 0 Å². The molecule has 0 amide bonds. The summed E-state index contributed by atoms with van der Waals surface area (Å²) in [6.07, 6.45) is 0.873. The number of rotatable bonds is 10. The molecule has 0 heterocycles. The van der Waals surface area contributed by atoms with Crippen molar-refractivity contribution in [3.8, 4) is 22.6 Å². The molecule has 1 atom stereocenters. The van der Waals surface area contributed by atoms with Gasteiger partial charge in [-0.25, -0.2) is 0 Å². The SMILES string of the molecule is OCCOc1ccc(C2(c3ccc(OCCO)cc3)CC(c3ccccc3)c3cc(-c4ccccc4)ccc32)cc1. The van der Waals surface area contributed by atoms with Gasteiger partial charge in [-0.3, -0.25) is 0 Å². The summed E-state index contributed by atoms with van der Waals surface area (Å²) >= 11 is 0. The summed E-state index contributed by atoms with van der Waals surface area (Å²) in [5.74, 6) is 1.68. The Hall–Kier alpha value is -4.38. The number of aliphatic hydroxyl groups is 2. The fourth-order valence-electron chi connectivity index (χ4n) is 6.27. The van der Waals surface area contributed by atoms with Crippen molar-refractivity contribution in [2.75, 3.05) is 26.4 Å². The lowest BCUT2D eigenvalue weighted by atomic mass is 9.69. The highest BCUT2D eigenvalue weighted by Crippen LogP contribution is 2.56. The monoisotopic (exact) mass is 542 g/mol. The lowest BCUT2D eigenvalue weighted by Gasteiger charge is -2.33. The Balaban J connectivity index is 1.54. The van der Waals surface area contributed by atoms with E-state index in [4.69, 9.17) is 9.47 Å². The van der Waals surface area contributed by atoms with Crippen molar-refractivity contribution in [1.29, 1.82) is 0 Å². The Labute approximate surface area is 241 Å². The quantitative estimate of drug-likeness (QED) is 0.200. The molecule has 1 unspecified atom stereocenters. The summed E-state index contributed by atoms with van der Waals surface area (Å²) in [6, 6.07) is 44.9. The molecule has 6 rings (SSSR count). The topological polar surface area (TPSA) is 58.9 Å². The third-order valence-electron chi connectivity index (χ3n) is 8.12. The lowest BCUT2D eigenvalue weighted by Crippen LogP contribution is -2.27. The van der Waals surface area contributed by atoms with Crippen molar-refractivity contribution in [3.63, 3.8) is 0 Å². The van der Waals surface area contributed by atoms with Crippen LogP contribution < -0.4 is 9.47 Å². The van der Waals surface area contributed by atoms with Gasteiger partial charge in [-0.1, -0.05) is 103 Å². The van der Waals surface area contributed by atoms with Crippen LogP contribution in [-0.2, 0) is 5.41 Å². The fourth-order valence-corrected chi connectivity index (χ4v) is 6.27. The van der Waals surface area contributed by atoms with E-state index in [1.165, 1.54) is 38.9 Å². The Morgan fingerprint density at radius 2 is 1.12 bits per heavy atom. The van der Waals surface area contributed by atoms with Crippen molar-refractivity contribution in [2.45, 2.75) is 17.8 Å². The molecule has 4 nitrogen and oxygen atoms in total. The Kier molecular flexibility index (Phi) is 7.86. The van der Waals surface area contributed by atoms with E-state index >= 15 is 0 Å². The maximum absolute atomic E-state index is 9.22. The fraction of sp³-hybridized carbons (Fsp3) is 0.189. The second-order valence-electron chi connectivity index (χ2n) is 10.4. The molecule has 1 aliphatic carbocycles. The summed E-state index contributed by atoms with van der Waals surface area (Å²) in [6.45, 7) is 0.487. The van der Waals surface area contributed by atoms with Crippen molar-refractivity contribution in [3.05, 3.63) is 155 Å². The Morgan fingerprint density at radius 3 is 1.66 bits per heavy atom. The molecule has 2 N–H and O–H groups in total. The number of benzene rings is 5. The number of aliphatic hydroxyl groups excluding tert-OH is 2. The number of hydrogen-bond donors (Lipinski definition) is 2. The van der Waals surface area contributed by atoms with Gasteiger partial charge in [0.05, 0.1) is 13.2 Å². The van der Waals surface area contributed by atoms with Crippen LogP contribution >= 0.6 is 0 Å². The van der Waals surface area contributed by atoms with Crippen LogP contribution in [0.1, 0.15) is 40.2 Å². The molecule has 0 saturated heterocycles. The van der Waals surface area contributed by atoms with Gasteiger partial charge in [0.1, 0.15) is 24.7 Å². The van der Waals surface area contributed by atoms with Crippen LogP contribution in [0.5, 0.6) is 11.5 Å². The molecule has 0 aliphatic heterocycles. The number of fused-ring (bicyclic) bond motifs is 1. The van der Waals surface area contributed by atoms with Crippen molar-refractivity contribution >= 4 is 0 Å². The first-order valence-corrected chi connectivity index (χ1v) is 14.2. The highest BCUT2D eigenvalue weighted by molar-refractivity contribution is 5.70. The van der Waals surface area contributed by atoms with E-state index in [2.05, 4.69) is 103 Å². The average Bonchev–Trinajstić information content (AvgIpc) is 3.39. The zero-order valence-corrected chi connectivity index (χ0v) is 22.9. The molecule has 4 heteroatoms. The van der Waals surface area contributed by atoms with Crippen LogP contribution in [0.15, 0.2) is 127 Å². The van der Waals surface area contributed by atoms with Crippen LogP contribution in [0.3, 0.4) is 0 Å². The second-order valence-corrected chi connectivity index (χ2v) is 10.4. The maximum atomic E-state index is 9.22. The minimum absolute atomic E-state index is 0.0216. The largest absolute Gasteiger partial charge is 0.491 e. The van der Waals surface area contributed by atoms with Gasteiger partial charge in [0, 0.05) is 11.3 Å². The van der Waals surface area contributed by atoms with E-state index in [9.17, 15) is 10.2 Å². The third kappa shape index (κ3) is 5.24. The van der Waals surface area contributed by atoms with Gasteiger partial charge >= 0.3 is 0 Å². The summed E-state index contributed by atoms with van der Waals surface area (Å²) in [5, 5.41) is 18.4. The molecule has 0 radical (unpaired) electrons. The molecule has 5 aromatic rings. The van der Waals surface area contributed by atoms with E-state index in [1.54, 1.807) is 0 Å². The second kappa shape index (κ2) is 12.0. The summed E-state index contributed by atoms with van der Waals surface area (Å²) in [4.78, 5) is 0. The first-order valence-electron chi connectivity index (χ1n) is 14.2. The highest BCUT2D eigenvalue weighted by atomic mass is 16.5. The standard InChI is InChI=1S/C37H34O4/c38-21-23-40-32-16-12-30(13-17-32)37(31-14-18-33(19-15-31)41-24-22-39)26-35(28-9-5-2-6-10-28)34-25-29(11-20-36(34)37)27-7-3-1-4-8-27/h1-20,25,35,38-39H,21-24,26H2. The minimum Gasteiger partial charge on any atom is -0.491 e. The van der Waals surface area contributed by atoms with Crippen molar-refractivity contribution < 1.29 is 19.7 Å². The predicted molar refractivity (Wildman–Crippen MR) is 163 cm³/mol. The lowest BCUT2D eigenvalue weighted by molar-refractivity contribution is 0.201. The van der Waals surface area contributed by atoms with Gasteiger partial charge in [0.25, 0.3) is 0 Å². The van der Waals surface area contributed by atoms with Crippen LogP contribution in [0.4, 0.5) is 0 Å². The first-order chi connectivity index (χ1) is 20.2. The molecular weight excluding hydrogens is 508 g/mol. The summed E-state index contributed by atoms with van der Waals surface area (Å²) in [5.41, 5.74) is 8.30. The van der Waals surface area contributed by atoms with Crippen molar-refractivity contribution in [1.82, 2.24) is 0 Å². The van der Waals surface area contributed by atoms with Gasteiger partial charge in [-0.15, -0.1) is 0 Å². The van der Waals surface area contributed by atoms with E-state index in [1.807, 2.05) is 24.3 Å². The predicted octanol–water partition coefficient (Wildman–Crippen LogP) is 6.97. The molecular formula is C37H34O4. The van der Waals surface area contributed by atoms with E-state index in [0.29, 0.717) is 0 Å². The normalized spacial score (nSPS) is 15.3. The van der Waals surface area contributed by atoms with Crippen LogP contribution in [0.2, 0.25) is 0 Å².